The monoisotopic (exact) mass is 330 g/mol. The quantitative estimate of drug-likeness (QED) is 0.678. The van der Waals surface area contributed by atoms with Gasteiger partial charge in [-0.15, -0.1) is 0 Å². The molecule has 2 atom stereocenters. The fraction of sp³-hybridized carbons (Fsp3) is 0.538. The van der Waals surface area contributed by atoms with E-state index in [4.69, 9.17) is 0 Å². The van der Waals surface area contributed by atoms with Crippen molar-refractivity contribution in [2.24, 2.45) is 5.92 Å². The lowest BCUT2D eigenvalue weighted by Gasteiger charge is -2.14. The van der Waals surface area contributed by atoms with Gasteiger partial charge in [0.25, 0.3) is 0 Å². The van der Waals surface area contributed by atoms with Gasteiger partial charge in [-0.1, -0.05) is 50.4 Å². The highest BCUT2D eigenvalue weighted by Gasteiger charge is 2.24. The lowest BCUT2D eigenvalue weighted by molar-refractivity contribution is 0.562. The van der Waals surface area contributed by atoms with Crippen molar-refractivity contribution in [2.75, 3.05) is 0 Å². The van der Waals surface area contributed by atoms with Gasteiger partial charge in [-0.2, -0.15) is 0 Å². The Kier molecular flexibility index (Phi) is 3.89. The zero-order valence-electron chi connectivity index (χ0n) is 8.97. The third kappa shape index (κ3) is 2.85. The van der Waals surface area contributed by atoms with E-state index in [1.807, 2.05) is 0 Å². The van der Waals surface area contributed by atoms with Crippen molar-refractivity contribution in [1.82, 2.24) is 0 Å². The third-order valence-electron chi connectivity index (χ3n) is 3.30. The number of hydrogen-bond acceptors (Lipinski definition) is 0. The molecule has 2 rings (SSSR count). The van der Waals surface area contributed by atoms with Crippen LogP contribution in [0.4, 0.5) is 0 Å². The molecule has 0 N–H and O–H groups in total. The molecular weight excluding hydrogens is 316 g/mol. The van der Waals surface area contributed by atoms with Gasteiger partial charge in [-0.25, -0.2) is 0 Å². The Morgan fingerprint density at radius 2 is 2.13 bits per heavy atom. The molecule has 0 bridgehead atoms. The van der Waals surface area contributed by atoms with Gasteiger partial charge >= 0.3 is 0 Å². The van der Waals surface area contributed by atoms with Gasteiger partial charge in [0.1, 0.15) is 0 Å². The SMILES string of the molecule is Cc1ccc(CC2CCCC2Br)cc1Br. The van der Waals surface area contributed by atoms with E-state index in [0.717, 1.165) is 10.7 Å². The van der Waals surface area contributed by atoms with Crippen LogP contribution in [0.25, 0.3) is 0 Å². The van der Waals surface area contributed by atoms with E-state index < -0.39 is 0 Å². The highest BCUT2D eigenvalue weighted by atomic mass is 79.9. The Bertz CT molecular complexity index is 346. The summed E-state index contributed by atoms with van der Waals surface area (Å²) >= 11 is 7.38. The maximum absolute atomic E-state index is 3.78. The van der Waals surface area contributed by atoms with E-state index in [1.54, 1.807) is 0 Å². The molecule has 82 valence electrons. The molecule has 1 aromatic rings. The van der Waals surface area contributed by atoms with Crippen molar-refractivity contribution in [1.29, 1.82) is 0 Å². The molecule has 15 heavy (non-hydrogen) atoms. The van der Waals surface area contributed by atoms with E-state index in [0.29, 0.717) is 0 Å². The predicted molar refractivity (Wildman–Crippen MR) is 72.6 cm³/mol. The smallest absolute Gasteiger partial charge is 0.0207 e. The first-order valence-corrected chi connectivity index (χ1v) is 7.27. The summed E-state index contributed by atoms with van der Waals surface area (Å²) in [7, 11) is 0. The molecule has 0 aromatic heterocycles. The summed E-state index contributed by atoms with van der Waals surface area (Å²) in [6, 6.07) is 6.74. The molecule has 1 aliphatic rings. The second-order valence-electron chi connectivity index (χ2n) is 4.49. The Morgan fingerprint density at radius 3 is 2.73 bits per heavy atom. The van der Waals surface area contributed by atoms with Crippen molar-refractivity contribution in [3.05, 3.63) is 33.8 Å². The van der Waals surface area contributed by atoms with Gasteiger partial charge in [-0.3, -0.25) is 0 Å². The molecule has 1 fully saturated rings. The van der Waals surface area contributed by atoms with Crippen LogP contribution in [0.1, 0.15) is 30.4 Å². The van der Waals surface area contributed by atoms with Gasteiger partial charge < -0.3 is 0 Å². The molecule has 0 radical (unpaired) electrons. The second-order valence-corrected chi connectivity index (χ2v) is 6.53. The molecule has 0 heterocycles. The van der Waals surface area contributed by atoms with Gasteiger partial charge in [0.05, 0.1) is 0 Å². The summed E-state index contributed by atoms with van der Waals surface area (Å²) in [5, 5.41) is 0. The van der Waals surface area contributed by atoms with Crippen molar-refractivity contribution >= 4 is 31.9 Å². The van der Waals surface area contributed by atoms with Crippen molar-refractivity contribution in [2.45, 2.75) is 37.4 Å². The molecular formula is C13H16Br2. The van der Waals surface area contributed by atoms with Crippen LogP contribution in [0.3, 0.4) is 0 Å². The molecule has 0 spiro atoms. The predicted octanol–water partition coefficient (Wildman–Crippen LogP) is 4.86. The largest absolute Gasteiger partial charge is 0.0888 e. The van der Waals surface area contributed by atoms with Crippen molar-refractivity contribution < 1.29 is 0 Å². The summed E-state index contributed by atoms with van der Waals surface area (Å²) in [5.74, 6) is 0.833. The lowest BCUT2D eigenvalue weighted by atomic mass is 9.97. The molecule has 2 unspecified atom stereocenters. The first-order chi connectivity index (χ1) is 7.16. The molecule has 0 amide bonds. The zero-order chi connectivity index (χ0) is 10.8. The minimum Gasteiger partial charge on any atom is -0.0888 e. The van der Waals surface area contributed by atoms with Crippen LogP contribution < -0.4 is 0 Å². The first kappa shape index (κ1) is 11.7. The maximum atomic E-state index is 3.78. The third-order valence-corrected chi connectivity index (χ3v) is 5.36. The lowest BCUT2D eigenvalue weighted by Crippen LogP contribution is -2.09. The normalized spacial score (nSPS) is 25.8. The van der Waals surface area contributed by atoms with Gasteiger partial charge in [0, 0.05) is 9.30 Å². The van der Waals surface area contributed by atoms with E-state index in [1.165, 1.54) is 41.3 Å². The van der Waals surface area contributed by atoms with Crippen molar-refractivity contribution in [3.8, 4) is 0 Å². The van der Waals surface area contributed by atoms with Crippen LogP contribution in [0.5, 0.6) is 0 Å². The number of alkyl halides is 1. The van der Waals surface area contributed by atoms with Gasteiger partial charge in [-0.05, 0) is 49.3 Å². The molecule has 1 aromatic carbocycles. The molecule has 0 aliphatic heterocycles. The summed E-state index contributed by atoms with van der Waals surface area (Å²) in [4.78, 5) is 0.734. The van der Waals surface area contributed by atoms with Crippen LogP contribution in [0, 0.1) is 12.8 Å². The summed E-state index contributed by atoms with van der Waals surface area (Å²) in [5.41, 5.74) is 2.78. The summed E-state index contributed by atoms with van der Waals surface area (Å²) < 4.78 is 1.24. The van der Waals surface area contributed by atoms with Crippen LogP contribution >= 0.6 is 31.9 Å². The topological polar surface area (TPSA) is 0 Å². The average molecular weight is 332 g/mol. The van der Waals surface area contributed by atoms with Crippen LogP contribution in [0.2, 0.25) is 0 Å². The van der Waals surface area contributed by atoms with Gasteiger partial charge in [0.15, 0.2) is 0 Å². The van der Waals surface area contributed by atoms with E-state index in [-0.39, 0.29) is 0 Å². The fourth-order valence-electron chi connectivity index (χ4n) is 2.29. The Morgan fingerprint density at radius 1 is 1.33 bits per heavy atom. The Balaban J connectivity index is 2.07. The molecule has 1 aliphatic carbocycles. The minimum atomic E-state index is 0.734. The fourth-order valence-corrected chi connectivity index (χ4v) is 3.49. The molecule has 0 saturated heterocycles. The molecule has 0 nitrogen and oxygen atoms in total. The number of benzene rings is 1. The first-order valence-electron chi connectivity index (χ1n) is 5.56. The number of hydrogen-bond donors (Lipinski definition) is 0. The number of aryl methyl sites for hydroxylation is 1. The standard InChI is InChI=1S/C13H16Br2/c1-9-5-6-10(8-13(9)15)7-11-3-2-4-12(11)14/h5-6,8,11-12H,2-4,7H2,1H3. The van der Waals surface area contributed by atoms with Crippen LogP contribution in [-0.2, 0) is 6.42 Å². The van der Waals surface area contributed by atoms with Crippen LogP contribution in [-0.4, -0.2) is 4.83 Å². The molecule has 2 heteroatoms. The van der Waals surface area contributed by atoms with E-state index in [9.17, 15) is 0 Å². The summed E-state index contributed by atoms with van der Waals surface area (Å²) in [6.07, 6.45) is 5.32. The second kappa shape index (κ2) is 5.01. The zero-order valence-corrected chi connectivity index (χ0v) is 12.1. The molecule has 1 saturated carbocycles. The van der Waals surface area contributed by atoms with Crippen molar-refractivity contribution in [3.63, 3.8) is 0 Å². The van der Waals surface area contributed by atoms with E-state index >= 15 is 0 Å². The maximum Gasteiger partial charge on any atom is 0.0207 e. The highest BCUT2D eigenvalue weighted by Crippen LogP contribution is 2.34. The summed E-state index contributed by atoms with van der Waals surface area (Å²) in [6.45, 7) is 2.14. The minimum absolute atomic E-state index is 0.734. The number of rotatable bonds is 2. The Labute approximate surface area is 109 Å². The highest BCUT2D eigenvalue weighted by molar-refractivity contribution is 9.10. The van der Waals surface area contributed by atoms with Crippen LogP contribution in [0.15, 0.2) is 22.7 Å². The number of halogens is 2. The van der Waals surface area contributed by atoms with Gasteiger partial charge in [0.2, 0.25) is 0 Å². The van der Waals surface area contributed by atoms with E-state index in [2.05, 4.69) is 57.0 Å². The average Bonchev–Trinajstić information content (AvgIpc) is 2.59. The Hall–Kier alpha value is 0.180.